The lowest BCUT2D eigenvalue weighted by atomic mass is 10.2. The zero-order chi connectivity index (χ0) is 13.6. The normalized spacial score (nSPS) is 11.2. The lowest BCUT2D eigenvalue weighted by Gasteiger charge is -2.02. The first-order valence-electron chi connectivity index (χ1n) is 6.87. The number of nitrogens with one attached hydrogen (secondary N) is 1. The Bertz CT molecular complexity index is 330. The number of hydrogen-bond acceptors (Lipinski definition) is 4. The van der Waals surface area contributed by atoms with Crippen LogP contribution in [0.25, 0.3) is 0 Å². The van der Waals surface area contributed by atoms with E-state index in [-0.39, 0.29) is 0 Å². The van der Waals surface area contributed by atoms with Crippen LogP contribution in [0.3, 0.4) is 0 Å². The zero-order valence-electron chi connectivity index (χ0n) is 11.4. The Morgan fingerprint density at radius 1 is 1.11 bits per heavy atom. The molecule has 0 aliphatic carbocycles. The summed E-state index contributed by atoms with van der Waals surface area (Å²) in [5, 5.41) is 12.0. The van der Waals surface area contributed by atoms with E-state index >= 15 is 0 Å². The van der Waals surface area contributed by atoms with Gasteiger partial charge in [-0.3, -0.25) is 4.99 Å². The maximum Gasteiger partial charge on any atom is 0.0514 e. The smallest absolute Gasteiger partial charge is 0.0514 e. The van der Waals surface area contributed by atoms with E-state index in [2.05, 4.69) is 22.4 Å². The van der Waals surface area contributed by atoms with Crippen LogP contribution in [-0.2, 0) is 0 Å². The highest BCUT2D eigenvalue weighted by molar-refractivity contribution is 7.99. The molecule has 106 valence electrons. The number of aliphatic hydroxyl groups is 1. The van der Waals surface area contributed by atoms with E-state index in [1.807, 2.05) is 36.2 Å². The summed E-state index contributed by atoms with van der Waals surface area (Å²) in [7, 11) is 0. The van der Waals surface area contributed by atoms with Crippen molar-refractivity contribution in [2.45, 2.75) is 12.8 Å². The summed E-state index contributed by atoms with van der Waals surface area (Å²) in [5.41, 5.74) is 1.15. The van der Waals surface area contributed by atoms with Gasteiger partial charge in [-0.05, 0) is 24.2 Å². The molecule has 2 N–H and O–H groups in total. The van der Waals surface area contributed by atoms with E-state index in [0.717, 1.165) is 49.5 Å². The first-order valence-corrected chi connectivity index (χ1v) is 8.03. The molecule has 0 heterocycles. The summed E-state index contributed by atoms with van der Waals surface area (Å²) >= 11 is 1.94. The molecule has 0 aliphatic heterocycles. The van der Waals surface area contributed by atoms with Crippen molar-refractivity contribution in [3.63, 3.8) is 0 Å². The van der Waals surface area contributed by atoms with E-state index in [0.29, 0.717) is 6.61 Å². The van der Waals surface area contributed by atoms with Gasteiger partial charge in [-0.1, -0.05) is 30.3 Å². The Labute approximate surface area is 120 Å². The zero-order valence-corrected chi connectivity index (χ0v) is 12.2. The molecule has 0 aliphatic rings. The third-order valence-electron chi connectivity index (χ3n) is 2.58. The molecule has 0 aromatic heterocycles. The van der Waals surface area contributed by atoms with Gasteiger partial charge >= 0.3 is 0 Å². The van der Waals surface area contributed by atoms with Gasteiger partial charge in [-0.25, -0.2) is 0 Å². The topological polar surface area (TPSA) is 44.6 Å². The van der Waals surface area contributed by atoms with E-state index < -0.39 is 0 Å². The highest BCUT2D eigenvalue weighted by Crippen LogP contribution is 2.02. The number of rotatable bonds is 11. The summed E-state index contributed by atoms with van der Waals surface area (Å²) in [6.45, 7) is 3.10. The molecular formula is C15H24N2OS. The minimum absolute atomic E-state index is 0.318. The molecular weight excluding hydrogens is 256 g/mol. The summed E-state index contributed by atoms with van der Waals surface area (Å²) in [4.78, 5) is 4.38. The van der Waals surface area contributed by atoms with Gasteiger partial charge < -0.3 is 10.4 Å². The van der Waals surface area contributed by atoms with Crippen molar-refractivity contribution >= 4 is 18.0 Å². The highest BCUT2D eigenvalue weighted by atomic mass is 32.2. The highest BCUT2D eigenvalue weighted by Gasteiger charge is 1.90. The van der Waals surface area contributed by atoms with Crippen molar-refractivity contribution < 1.29 is 5.11 Å². The fourth-order valence-corrected chi connectivity index (χ4v) is 2.44. The first kappa shape index (κ1) is 16.2. The molecule has 0 unspecified atom stereocenters. The Morgan fingerprint density at radius 3 is 2.74 bits per heavy atom. The molecule has 0 atom stereocenters. The van der Waals surface area contributed by atoms with Crippen LogP contribution in [0.5, 0.6) is 0 Å². The summed E-state index contributed by atoms with van der Waals surface area (Å²) < 4.78 is 0. The Hall–Kier alpha value is -0.840. The molecule has 0 saturated carbocycles. The number of unbranched alkanes of at least 4 members (excludes halogenated alkanes) is 1. The molecule has 0 spiro atoms. The Morgan fingerprint density at radius 2 is 1.95 bits per heavy atom. The van der Waals surface area contributed by atoms with Gasteiger partial charge in [0.1, 0.15) is 0 Å². The van der Waals surface area contributed by atoms with Crippen LogP contribution in [0.2, 0.25) is 0 Å². The predicted octanol–water partition coefficient (Wildman–Crippen LogP) is 2.20. The first-order chi connectivity index (χ1) is 9.43. The molecule has 19 heavy (non-hydrogen) atoms. The molecule has 1 aromatic carbocycles. The molecule has 1 rings (SSSR count). The average molecular weight is 280 g/mol. The van der Waals surface area contributed by atoms with E-state index in [4.69, 9.17) is 5.11 Å². The maximum atomic E-state index is 8.64. The minimum Gasteiger partial charge on any atom is -0.396 e. The van der Waals surface area contributed by atoms with E-state index in [9.17, 15) is 0 Å². The van der Waals surface area contributed by atoms with Crippen molar-refractivity contribution in [3.05, 3.63) is 35.9 Å². The molecule has 0 amide bonds. The molecule has 0 radical (unpaired) electrons. The van der Waals surface area contributed by atoms with Crippen LogP contribution in [-0.4, -0.2) is 49.1 Å². The van der Waals surface area contributed by atoms with Gasteiger partial charge in [0, 0.05) is 31.7 Å². The average Bonchev–Trinajstić information content (AvgIpc) is 2.46. The van der Waals surface area contributed by atoms with Gasteiger partial charge in [-0.15, -0.1) is 0 Å². The molecule has 0 saturated heterocycles. The van der Waals surface area contributed by atoms with Crippen LogP contribution < -0.4 is 5.32 Å². The number of aliphatic imine (C=N–C) groups is 1. The summed E-state index contributed by atoms with van der Waals surface area (Å²) in [6.07, 6.45) is 3.96. The molecule has 0 fully saturated rings. The lowest BCUT2D eigenvalue weighted by Crippen LogP contribution is -2.20. The minimum atomic E-state index is 0.318. The van der Waals surface area contributed by atoms with Gasteiger partial charge in [-0.2, -0.15) is 11.8 Å². The third kappa shape index (κ3) is 9.70. The van der Waals surface area contributed by atoms with Gasteiger partial charge in [0.25, 0.3) is 0 Å². The van der Waals surface area contributed by atoms with Crippen molar-refractivity contribution in [3.8, 4) is 0 Å². The quantitative estimate of drug-likeness (QED) is 0.482. The van der Waals surface area contributed by atoms with Crippen molar-refractivity contribution in [1.82, 2.24) is 5.32 Å². The van der Waals surface area contributed by atoms with Gasteiger partial charge in [0.15, 0.2) is 0 Å². The van der Waals surface area contributed by atoms with Crippen LogP contribution in [0.15, 0.2) is 35.3 Å². The second kappa shape index (κ2) is 12.2. The Kier molecular flexibility index (Phi) is 10.4. The van der Waals surface area contributed by atoms with Crippen molar-refractivity contribution in [1.29, 1.82) is 0 Å². The summed E-state index contributed by atoms with van der Waals surface area (Å²) in [5.74, 6) is 2.28. The fraction of sp³-hybridized carbons (Fsp3) is 0.533. The fourth-order valence-electron chi connectivity index (χ4n) is 1.54. The molecule has 3 nitrogen and oxygen atoms in total. The largest absolute Gasteiger partial charge is 0.396 e. The lowest BCUT2D eigenvalue weighted by molar-refractivity contribution is 0.287. The number of benzene rings is 1. The summed E-state index contributed by atoms with van der Waals surface area (Å²) in [6, 6.07) is 10.2. The van der Waals surface area contributed by atoms with E-state index in [1.165, 1.54) is 0 Å². The third-order valence-corrected chi connectivity index (χ3v) is 3.65. The number of hydrogen-bond donors (Lipinski definition) is 2. The standard InChI is InChI=1S/C15H24N2OS/c18-11-4-5-12-19-13-10-16-8-9-17-14-15-6-2-1-3-7-15/h1-3,6-7,14,16,18H,4-5,8-13H2. The molecule has 0 bridgehead atoms. The van der Waals surface area contributed by atoms with Crippen molar-refractivity contribution in [2.75, 3.05) is 37.7 Å². The Balaban J connectivity index is 1.87. The van der Waals surface area contributed by atoms with Gasteiger partial charge in [0.2, 0.25) is 0 Å². The monoisotopic (exact) mass is 280 g/mol. The van der Waals surface area contributed by atoms with Gasteiger partial charge in [0.05, 0.1) is 6.54 Å². The molecule has 1 aromatic rings. The van der Waals surface area contributed by atoms with Crippen LogP contribution in [0, 0.1) is 0 Å². The van der Waals surface area contributed by atoms with Crippen LogP contribution in [0.1, 0.15) is 18.4 Å². The van der Waals surface area contributed by atoms with E-state index in [1.54, 1.807) is 0 Å². The predicted molar refractivity (Wildman–Crippen MR) is 85.4 cm³/mol. The van der Waals surface area contributed by atoms with Crippen LogP contribution >= 0.6 is 11.8 Å². The van der Waals surface area contributed by atoms with Crippen molar-refractivity contribution in [2.24, 2.45) is 4.99 Å². The number of thioether (sulfide) groups is 1. The number of aliphatic hydroxyl groups excluding tert-OH is 1. The number of nitrogens with zero attached hydrogens (tertiary/aromatic N) is 1. The SMILES string of the molecule is OCCCCSCCNCCN=Cc1ccccc1. The second-order valence-electron chi connectivity index (χ2n) is 4.24. The maximum absolute atomic E-state index is 8.64. The second-order valence-corrected chi connectivity index (χ2v) is 5.46. The van der Waals surface area contributed by atoms with Crippen LogP contribution in [0.4, 0.5) is 0 Å². The molecule has 4 heteroatoms.